The number of aryl methyl sites for hydroxylation is 1. The van der Waals surface area contributed by atoms with Gasteiger partial charge in [0, 0.05) is 35.1 Å². The van der Waals surface area contributed by atoms with Gasteiger partial charge in [0.1, 0.15) is 23.2 Å². The lowest BCUT2D eigenvalue weighted by atomic mass is 9.40. The number of carbonyl (C=O) groups excluding carboxylic acids is 1. The SMILES string of the molecule is COC12CCC3(CC1C(C)=O)C1N(C)C14Cc1ccc(C)c5c1C3(C4)C2O5. The predicted molar refractivity (Wildman–Crippen MR) is 100 cm³/mol. The first-order valence-corrected chi connectivity index (χ1v) is 10.5. The first-order chi connectivity index (χ1) is 12.9. The molecule has 0 N–H and O–H groups in total. The summed E-state index contributed by atoms with van der Waals surface area (Å²) in [6.45, 7) is 3.94. The molecule has 3 spiro atoms. The lowest BCUT2D eigenvalue weighted by Gasteiger charge is -2.66. The average Bonchev–Trinajstić information content (AvgIpc) is 2.98. The van der Waals surface area contributed by atoms with Crippen LogP contribution in [0.1, 0.15) is 49.3 Å². The zero-order valence-corrected chi connectivity index (χ0v) is 16.6. The fourth-order valence-corrected chi connectivity index (χ4v) is 9.26. The van der Waals surface area contributed by atoms with Gasteiger partial charge < -0.3 is 9.47 Å². The number of piperidine rings is 1. The van der Waals surface area contributed by atoms with Gasteiger partial charge in [0.05, 0.1) is 5.92 Å². The molecule has 4 nitrogen and oxygen atoms in total. The summed E-state index contributed by atoms with van der Waals surface area (Å²) in [5.74, 6) is 1.35. The Hall–Kier alpha value is -1.39. The maximum atomic E-state index is 12.8. The van der Waals surface area contributed by atoms with Crippen LogP contribution >= 0.6 is 0 Å². The molecule has 142 valence electrons. The van der Waals surface area contributed by atoms with E-state index in [4.69, 9.17) is 9.47 Å². The van der Waals surface area contributed by atoms with Crippen LogP contribution in [0.3, 0.4) is 0 Å². The van der Waals surface area contributed by atoms with Crippen LogP contribution in [0.5, 0.6) is 5.75 Å². The van der Waals surface area contributed by atoms with Gasteiger partial charge in [0.25, 0.3) is 0 Å². The second-order valence-corrected chi connectivity index (χ2v) is 10.4. The Morgan fingerprint density at radius 1 is 1.33 bits per heavy atom. The highest BCUT2D eigenvalue weighted by atomic mass is 16.6. The third-order valence-electron chi connectivity index (χ3n) is 10.0. The van der Waals surface area contributed by atoms with E-state index in [0.717, 1.165) is 31.4 Å². The van der Waals surface area contributed by atoms with E-state index in [-0.39, 0.29) is 34.2 Å². The number of nitrogens with zero attached hydrogens (tertiary/aromatic N) is 1. The third kappa shape index (κ3) is 1.19. The quantitative estimate of drug-likeness (QED) is 0.756. The average molecular weight is 365 g/mol. The monoisotopic (exact) mass is 365 g/mol. The molecule has 0 aromatic heterocycles. The highest BCUT2D eigenvalue weighted by molar-refractivity contribution is 5.81. The van der Waals surface area contributed by atoms with Gasteiger partial charge in [0.15, 0.2) is 0 Å². The number of Topliss-reactive ketones (excluding diaryl/α,β-unsaturated/α-hetero) is 1. The van der Waals surface area contributed by atoms with E-state index in [0.29, 0.717) is 6.04 Å². The number of rotatable bonds is 2. The van der Waals surface area contributed by atoms with Gasteiger partial charge in [-0.15, -0.1) is 0 Å². The molecular weight excluding hydrogens is 338 g/mol. The molecule has 2 heterocycles. The van der Waals surface area contributed by atoms with Crippen LogP contribution in [0.15, 0.2) is 12.1 Å². The normalized spacial score (nSPS) is 54.4. The van der Waals surface area contributed by atoms with Crippen LogP contribution < -0.4 is 4.74 Å². The van der Waals surface area contributed by atoms with Gasteiger partial charge in [-0.05, 0) is 64.1 Å². The van der Waals surface area contributed by atoms with Gasteiger partial charge in [-0.2, -0.15) is 0 Å². The van der Waals surface area contributed by atoms with Crippen molar-refractivity contribution in [1.82, 2.24) is 4.90 Å². The maximum Gasteiger partial charge on any atom is 0.139 e. The smallest absolute Gasteiger partial charge is 0.139 e. The van der Waals surface area contributed by atoms with Crippen molar-refractivity contribution in [3.05, 3.63) is 28.8 Å². The van der Waals surface area contributed by atoms with E-state index < -0.39 is 5.60 Å². The summed E-state index contributed by atoms with van der Waals surface area (Å²) in [5, 5.41) is 0. The lowest BCUT2D eigenvalue weighted by molar-refractivity contribution is -0.241. The van der Waals surface area contributed by atoms with Crippen LogP contribution in [-0.4, -0.2) is 48.1 Å². The zero-order chi connectivity index (χ0) is 18.6. The van der Waals surface area contributed by atoms with E-state index in [1.165, 1.54) is 23.1 Å². The summed E-state index contributed by atoms with van der Waals surface area (Å²) >= 11 is 0. The van der Waals surface area contributed by atoms with Crippen LogP contribution in [0.4, 0.5) is 0 Å². The van der Waals surface area contributed by atoms with Crippen molar-refractivity contribution in [3.8, 4) is 5.75 Å². The van der Waals surface area contributed by atoms with E-state index in [1.807, 2.05) is 7.11 Å². The van der Waals surface area contributed by atoms with Crippen molar-refractivity contribution < 1.29 is 14.3 Å². The number of likely N-dealkylation sites (tertiary alicyclic amines) is 1. The molecule has 4 heteroatoms. The second-order valence-electron chi connectivity index (χ2n) is 10.4. The van der Waals surface area contributed by atoms with E-state index >= 15 is 0 Å². The molecule has 27 heavy (non-hydrogen) atoms. The summed E-state index contributed by atoms with van der Waals surface area (Å²) in [4.78, 5) is 15.4. The molecule has 2 aliphatic heterocycles. The van der Waals surface area contributed by atoms with Crippen molar-refractivity contribution in [2.45, 2.75) is 74.7 Å². The Kier molecular flexibility index (Phi) is 2.30. The first kappa shape index (κ1) is 15.5. The molecule has 0 radical (unpaired) electrons. The number of benzene rings is 1. The molecule has 1 saturated heterocycles. The minimum absolute atomic E-state index is 0.0142. The highest BCUT2D eigenvalue weighted by Crippen LogP contribution is 2.84. The molecule has 4 bridgehead atoms. The highest BCUT2D eigenvalue weighted by Gasteiger charge is 2.91. The number of ketones is 1. The molecule has 0 amide bonds. The molecule has 7 aliphatic rings. The standard InChI is InChI=1S/C23H27NO3/c1-12-5-6-14-9-21-11-22-16(14)17(12)27-19(22)23(26-4)8-7-20(22,18(21)24(21)3)10-15(23)13(2)25/h5-6,15,18-19H,7-11H2,1-4H3. The van der Waals surface area contributed by atoms with Gasteiger partial charge >= 0.3 is 0 Å². The summed E-state index contributed by atoms with van der Waals surface area (Å²) in [6.07, 6.45) is 5.39. The third-order valence-corrected chi connectivity index (χ3v) is 10.0. The van der Waals surface area contributed by atoms with Crippen molar-refractivity contribution in [2.75, 3.05) is 14.2 Å². The topological polar surface area (TPSA) is 38.5 Å². The fourth-order valence-electron chi connectivity index (χ4n) is 9.26. The van der Waals surface area contributed by atoms with Crippen molar-refractivity contribution in [2.24, 2.45) is 11.3 Å². The summed E-state index contributed by atoms with van der Waals surface area (Å²) in [7, 11) is 4.12. The number of likely N-dealkylation sites (N-methyl/N-ethyl adjacent to an activating group) is 1. The van der Waals surface area contributed by atoms with Crippen molar-refractivity contribution in [3.63, 3.8) is 0 Å². The molecule has 8 atom stereocenters. The Morgan fingerprint density at radius 3 is 2.89 bits per heavy atom. The fraction of sp³-hybridized carbons (Fsp3) is 0.696. The summed E-state index contributed by atoms with van der Waals surface area (Å²) in [6, 6.07) is 5.18. The van der Waals surface area contributed by atoms with Gasteiger partial charge in [0.2, 0.25) is 0 Å². The molecule has 8 unspecified atom stereocenters. The Balaban J connectivity index is 1.59. The van der Waals surface area contributed by atoms with Crippen LogP contribution in [0.2, 0.25) is 0 Å². The Bertz CT molecular complexity index is 957. The van der Waals surface area contributed by atoms with Crippen LogP contribution in [-0.2, 0) is 21.4 Å². The largest absolute Gasteiger partial charge is 0.486 e. The van der Waals surface area contributed by atoms with E-state index in [1.54, 1.807) is 6.92 Å². The lowest BCUT2D eigenvalue weighted by Crippen LogP contribution is -2.75. The molecule has 5 aliphatic carbocycles. The molecule has 1 aromatic rings. The Labute approximate surface area is 160 Å². The van der Waals surface area contributed by atoms with E-state index in [9.17, 15) is 4.79 Å². The van der Waals surface area contributed by atoms with Crippen molar-refractivity contribution in [1.29, 1.82) is 0 Å². The summed E-state index contributed by atoms with van der Waals surface area (Å²) in [5.41, 5.74) is 4.25. The number of methoxy groups -OCH3 is 1. The number of fused-ring (bicyclic) bond motifs is 2. The minimum Gasteiger partial charge on any atom is -0.486 e. The molecule has 4 saturated carbocycles. The van der Waals surface area contributed by atoms with Crippen molar-refractivity contribution >= 4 is 5.78 Å². The predicted octanol–water partition coefficient (Wildman–Crippen LogP) is 2.78. The van der Waals surface area contributed by atoms with E-state index in [2.05, 4.69) is 31.0 Å². The molecule has 8 rings (SSSR count). The number of carbonyl (C=O) groups is 1. The number of hydrogen-bond acceptors (Lipinski definition) is 4. The van der Waals surface area contributed by atoms with Crippen LogP contribution in [0.25, 0.3) is 0 Å². The number of hydrogen-bond donors (Lipinski definition) is 0. The molecular formula is C23H27NO3. The zero-order valence-electron chi connectivity index (χ0n) is 16.6. The Morgan fingerprint density at radius 2 is 2.15 bits per heavy atom. The second kappa shape index (κ2) is 3.99. The number of ether oxygens (including phenoxy) is 2. The van der Waals surface area contributed by atoms with Crippen LogP contribution in [0, 0.1) is 18.3 Å². The maximum absolute atomic E-state index is 12.8. The van der Waals surface area contributed by atoms with Gasteiger partial charge in [-0.25, -0.2) is 0 Å². The molecule has 5 fully saturated rings. The first-order valence-electron chi connectivity index (χ1n) is 10.5. The summed E-state index contributed by atoms with van der Waals surface area (Å²) < 4.78 is 13.2. The molecule has 1 aromatic carbocycles. The van der Waals surface area contributed by atoms with Gasteiger partial charge in [-0.3, -0.25) is 9.69 Å². The van der Waals surface area contributed by atoms with Gasteiger partial charge in [-0.1, -0.05) is 12.1 Å². The minimum atomic E-state index is -0.468.